The van der Waals surface area contributed by atoms with E-state index >= 15 is 0 Å². The Bertz CT molecular complexity index is 783. The van der Waals surface area contributed by atoms with Crippen LogP contribution in [0.4, 0.5) is 5.95 Å². The molecule has 126 valence electrons. The molecule has 4 N–H and O–H groups in total. The van der Waals surface area contributed by atoms with E-state index in [2.05, 4.69) is 9.97 Å². The maximum absolute atomic E-state index is 12.1. The summed E-state index contributed by atoms with van der Waals surface area (Å²) in [5.41, 5.74) is 6.12. The van der Waals surface area contributed by atoms with Crippen LogP contribution in [0.5, 0.6) is 0 Å². The second-order valence-electron chi connectivity index (χ2n) is 6.41. The van der Waals surface area contributed by atoms with Crippen molar-refractivity contribution in [2.75, 3.05) is 26.4 Å². The number of aliphatic hydroxyl groups excluding tert-OH is 1. The molecule has 23 heavy (non-hydrogen) atoms. The van der Waals surface area contributed by atoms with E-state index in [0.717, 1.165) is 0 Å². The van der Waals surface area contributed by atoms with Gasteiger partial charge in [-0.05, 0) is 21.0 Å². The molecule has 1 unspecified atom stereocenters. The van der Waals surface area contributed by atoms with Crippen molar-refractivity contribution in [3.05, 3.63) is 16.7 Å². The second kappa shape index (κ2) is 5.59. The summed E-state index contributed by atoms with van der Waals surface area (Å²) in [6, 6.07) is 0. The predicted octanol–water partition coefficient (Wildman–Crippen LogP) is -1.41. The van der Waals surface area contributed by atoms with Gasteiger partial charge in [0.05, 0.1) is 13.2 Å². The number of rotatable bonds is 3. The molecule has 0 amide bonds. The molecule has 0 saturated carbocycles. The summed E-state index contributed by atoms with van der Waals surface area (Å²) in [7, 11) is 5.66. The Labute approximate surface area is 133 Å². The Morgan fingerprint density at radius 2 is 2.26 bits per heavy atom. The number of nitrogens with one attached hydrogen (secondary N) is 1. The second-order valence-corrected chi connectivity index (χ2v) is 6.41. The summed E-state index contributed by atoms with van der Waals surface area (Å²) >= 11 is 0. The molecule has 9 nitrogen and oxygen atoms in total. The number of nitrogen functional groups attached to an aromatic ring is 1. The summed E-state index contributed by atoms with van der Waals surface area (Å²) < 4.78 is 9.29. The zero-order valence-corrected chi connectivity index (χ0v) is 13.7. The van der Waals surface area contributed by atoms with E-state index < -0.39 is 12.3 Å². The van der Waals surface area contributed by atoms with Gasteiger partial charge in [-0.1, -0.05) is 0 Å². The van der Waals surface area contributed by atoms with Crippen LogP contribution in [-0.2, 0) is 11.8 Å². The largest absolute Gasteiger partial charge is 0.386 e. The van der Waals surface area contributed by atoms with Crippen LogP contribution in [0.2, 0.25) is 0 Å². The van der Waals surface area contributed by atoms with Crippen molar-refractivity contribution in [1.82, 2.24) is 19.4 Å². The van der Waals surface area contributed by atoms with Crippen LogP contribution >= 0.6 is 0 Å². The van der Waals surface area contributed by atoms with E-state index in [0.29, 0.717) is 17.7 Å². The first-order valence-corrected chi connectivity index (χ1v) is 7.53. The highest BCUT2D eigenvalue weighted by molar-refractivity contribution is 5.66. The van der Waals surface area contributed by atoms with Crippen LogP contribution in [0.15, 0.2) is 11.1 Å². The Hall–Kier alpha value is -1.97. The fourth-order valence-corrected chi connectivity index (χ4v) is 3.25. The number of anilines is 1. The number of aliphatic hydroxyl groups is 1. The first-order valence-electron chi connectivity index (χ1n) is 7.53. The maximum atomic E-state index is 12.1. The molecular weight excluding hydrogens is 300 g/mol. The minimum absolute atomic E-state index is 0.0305. The normalized spacial score (nSPS) is 28.1. The molecule has 3 heterocycles. The van der Waals surface area contributed by atoms with Crippen LogP contribution in [0, 0.1) is 5.92 Å². The van der Waals surface area contributed by atoms with Gasteiger partial charge in [0.15, 0.2) is 0 Å². The van der Waals surface area contributed by atoms with E-state index in [4.69, 9.17) is 10.5 Å². The molecule has 2 aromatic heterocycles. The molecule has 1 saturated heterocycles. The molecule has 0 spiro atoms. The van der Waals surface area contributed by atoms with Crippen LogP contribution in [0.1, 0.15) is 13.2 Å². The Morgan fingerprint density at radius 3 is 2.91 bits per heavy atom. The number of imidazole rings is 1. The summed E-state index contributed by atoms with van der Waals surface area (Å²) in [5, 5.41) is 10.7. The average Bonchev–Trinajstić information content (AvgIpc) is 2.90. The van der Waals surface area contributed by atoms with Gasteiger partial charge in [-0.25, -0.2) is 4.57 Å². The van der Waals surface area contributed by atoms with Gasteiger partial charge in [0.1, 0.15) is 6.10 Å². The molecule has 0 radical (unpaired) electrons. The number of aromatic nitrogens is 4. The first kappa shape index (κ1) is 15.9. The van der Waals surface area contributed by atoms with E-state index in [-0.39, 0.29) is 23.5 Å². The highest BCUT2D eigenvalue weighted by Crippen LogP contribution is 2.35. The summed E-state index contributed by atoms with van der Waals surface area (Å²) in [6.45, 7) is 2.65. The third-order valence-corrected chi connectivity index (χ3v) is 4.33. The molecule has 1 aliphatic heterocycles. The number of aryl methyl sites for hydroxylation is 1. The van der Waals surface area contributed by atoms with Crippen molar-refractivity contribution in [3.63, 3.8) is 0 Å². The van der Waals surface area contributed by atoms with E-state index in [1.807, 2.05) is 25.9 Å². The lowest BCUT2D eigenvalue weighted by Gasteiger charge is -2.20. The number of fused-ring (bicyclic) bond motifs is 1. The topological polar surface area (TPSA) is 113 Å². The minimum atomic E-state index is -0.703. The first-order chi connectivity index (χ1) is 10.8. The zero-order valence-electron chi connectivity index (χ0n) is 13.7. The van der Waals surface area contributed by atoms with E-state index in [1.54, 1.807) is 22.5 Å². The molecule has 0 aliphatic carbocycles. The number of nitrogens with two attached hydrogens (primary N) is 1. The molecular formula is C14H23N6O3+. The number of hydrogen-bond donors (Lipinski definition) is 3. The smallest absolute Gasteiger partial charge is 0.304 e. The Kier molecular flexibility index (Phi) is 3.86. The van der Waals surface area contributed by atoms with Crippen molar-refractivity contribution < 1.29 is 14.4 Å². The SMILES string of the molecule is C[C@H]1OC(n2c[n+](C)c3c(=O)[nH]c(N)nc32)[C@H](O)[C@@H]1CN(C)C. The van der Waals surface area contributed by atoms with E-state index in [9.17, 15) is 9.90 Å². The fourth-order valence-electron chi connectivity index (χ4n) is 3.25. The van der Waals surface area contributed by atoms with Crippen molar-refractivity contribution in [2.45, 2.75) is 25.4 Å². The van der Waals surface area contributed by atoms with Crippen molar-refractivity contribution in [1.29, 1.82) is 0 Å². The maximum Gasteiger partial charge on any atom is 0.304 e. The molecule has 3 rings (SSSR count). The monoisotopic (exact) mass is 323 g/mol. The molecule has 1 aliphatic rings. The lowest BCUT2D eigenvalue weighted by atomic mass is 9.98. The average molecular weight is 323 g/mol. The lowest BCUT2D eigenvalue weighted by molar-refractivity contribution is -0.646. The summed E-state index contributed by atoms with van der Waals surface area (Å²) in [6.07, 6.45) is 0.280. The number of nitrogens with zero attached hydrogens (tertiary/aromatic N) is 4. The number of aromatic amines is 1. The highest BCUT2D eigenvalue weighted by atomic mass is 16.5. The standard InChI is InChI=1S/C14H22N6O3/c1-7-8(5-18(2)3)10(21)13(23-7)20-6-19(4)9-11(20)16-14(15)17-12(9)22/h6-8,10,13,21H,5H2,1-4H3,(H2-,15,16,17,22)/p+1/t7-,8-,10-,13?/m1/s1. The van der Waals surface area contributed by atoms with Crippen LogP contribution in [-0.4, -0.2) is 57.4 Å². The van der Waals surface area contributed by atoms with Crippen LogP contribution in [0.25, 0.3) is 11.2 Å². The van der Waals surface area contributed by atoms with Gasteiger partial charge >= 0.3 is 5.56 Å². The van der Waals surface area contributed by atoms with Gasteiger partial charge in [-0.2, -0.15) is 9.55 Å². The molecule has 9 heteroatoms. The predicted molar refractivity (Wildman–Crippen MR) is 83.6 cm³/mol. The number of H-pyrrole nitrogens is 1. The van der Waals surface area contributed by atoms with Crippen molar-refractivity contribution in [3.8, 4) is 0 Å². The van der Waals surface area contributed by atoms with Gasteiger partial charge in [0, 0.05) is 12.5 Å². The van der Waals surface area contributed by atoms with Gasteiger partial charge in [0.25, 0.3) is 11.2 Å². The van der Waals surface area contributed by atoms with Crippen LogP contribution in [0.3, 0.4) is 0 Å². The Morgan fingerprint density at radius 1 is 1.57 bits per heavy atom. The molecule has 2 aromatic rings. The summed E-state index contributed by atoms with van der Waals surface area (Å²) in [5.74, 6) is 0.00456. The number of hydrogen-bond acceptors (Lipinski definition) is 6. The molecule has 4 atom stereocenters. The quantitative estimate of drug-likeness (QED) is 0.598. The van der Waals surface area contributed by atoms with Gasteiger partial charge in [-0.3, -0.25) is 9.78 Å². The highest BCUT2D eigenvalue weighted by Gasteiger charge is 2.46. The van der Waals surface area contributed by atoms with E-state index in [1.165, 1.54) is 0 Å². The van der Waals surface area contributed by atoms with Crippen LogP contribution < -0.4 is 15.9 Å². The minimum Gasteiger partial charge on any atom is -0.386 e. The third kappa shape index (κ3) is 2.60. The third-order valence-electron chi connectivity index (χ3n) is 4.33. The van der Waals surface area contributed by atoms with Gasteiger partial charge in [0.2, 0.25) is 18.5 Å². The zero-order chi connectivity index (χ0) is 16.9. The Balaban J connectivity index is 2.06. The molecule has 0 bridgehead atoms. The molecule has 1 fully saturated rings. The number of ether oxygens (including phenoxy) is 1. The van der Waals surface area contributed by atoms with Crippen molar-refractivity contribution in [2.24, 2.45) is 13.0 Å². The fraction of sp³-hybridized carbons (Fsp3) is 0.643. The van der Waals surface area contributed by atoms with Gasteiger partial charge in [-0.15, -0.1) is 0 Å². The van der Waals surface area contributed by atoms with Gasteiger partial charge < -0.3 is 20.5 Å². The summed E-state index contributed by atoms with van der Waals surface area (Å²) in [4.78, 5) is 20.8. The molecule has 0 aromatic carbocycles. The van der Waals surface area contributed by atoms with Crippen molar-refractivity contribution >= 4 is 17.1 Å². The lowest BCUT2D eigenvalue weighted by Crippen LogP contribution is -2.34.